The van der Waals surface area contributed by atoms with Crippen molar-refractivity contribution in [3.63, 3.8) is 0 Å². The third-order valence-electron chi connectivity index (χ3n) is 3.87. The van der Waals surface area contributed by atoms with E-state index in [0.29, 0.717) is 5.56 Å². The van der Waals surface area contributed by atoms with Crippen molar-refractivity contribution >= 4 is 0 Å². The Labute approximate surface area is 160 Å². The van der Waals surface area contributed by atoms with Gasteiger partial charge < -0.3 is 0 Å². The van der Waals surface area contributed by atoms with Crippen LogP contribution in [0, 0.1) is 19.1 Å². The first-order valence-electron chi connectivity index (χ1n) is 12.3. The van der Waals surface area contributed by atoms with E-state index in [1.165, 1.54) is 6.07 Å². The second-order valence-corrected chi connectivity index (χ2v) is 8.48. The van der Waals surface area contributed by atoms with Gasteiger partial charge in [-0.05, 0) is 47.7 Å². The van der Waals surface area contributed by atoms with Gasteiger partial charge in [-0.15, -0.1) is 0 Å². The summed E-state index contributed by atoms with van der Waals surface area (Å²) in [6.45, 7) is 6.30. The van der Waals surface area contributed by atoms with Crippen LogP contribution in [0.25, 0.3) is 11.1 Å². The standard InChI is InChI=1S/C23H34N/c1-16-12-18(14-22(3,4)5)10-11-19(16)20-13-21(23(6,7)8)24(9)15-17(20)2/h10-13,15H,14H2,1-9H3/q+1/i1D3,2D3,14D2. The molecular formula is C23H34N+. The van der Waals surface area contributed by atoms with Gasteiger partial charge in [-0.3, -0.25) is 0 Å². The molecule has 2 rings (SSSR count). The zero-order valence-corrected chi connectivity index (χ0v) is 15.8. The topological polar surface area (TPSA) is 3.88 Å². The molecule has 0 aliphatic rings. The lowest BCUT2D eigenvalue weighted by molar-refractivity contribution is -0.682. The number of nitrogens with zero attached hydrogens (tertiary/aromatic N) is 1. The molecule has 1 heterocycles. The molecular weight excluding hydrogens is 290 g/mol. The van der Waals surface area contributed by atoms with Crippen molar-refractivity contribution in [3.05, 3.63) is 52.8 Å². The second kappa shape index (κ2) is 6.35. The number of aryl methyl sites for hydroxylation is 3. The molecule has 1 heteroatoms. The van der Waals surface area contributed by atoms with Gasteiger partial charge in [0.25, 0.3) is 0 Å². The molecule has 0 saturated carbocycles. The van der Waals surface area contributed by atoms with Gasteiger partial charge in [0.1, 0.15) is 7.05 Å². The fourth-order valence-corrected chi connectivity index (χ4v) is 2.91. The predicted molar refractivity (Wildman–Crippen MR) is 104 cm³/mol. The molecule has 130 valence electrons. The van der Waals surface area contributed by atoms with Gasteiger partial charge in [-0.2, -0.15) is 0 Å². The van der Waals surface area contributed by atoms with Gasteiger partial charge in [0.15, 0.2) is 11.9 Å². The summed E-state index contributed by atoms with van der Waals surface area (Å²) >= 11 is 0. The lowest BCUT2D eigenvalue weighted by Gasteiger charge is -2.20. The van der Waals surface area contributed by atoms with Crippen molar-refractivity contribution in [2.75, 3.05) is 0 Å². The molecule has 0 aliphatic heterocycles. The molecule has 0 radical (unpaired) electrons. The van der Waals surface area contributed by atoms with Crippen LogP contribution in [0.1, 0.15) is 74.9 Å². The van der Waals surface area contributed by atoms with E-state index in [1.807, 2.05) is 20.8 Å². The molecule has 2 aromatic rings. The van der Waals surface area contributed by atoms with Crippen molar-refractivity contribution in [2.45, 2.75) is 67.0 Å². The Kier molecular flexibility index (Phi) is 2.75. The molecule has 0 amide bonds. The maximum Gasteiger partial charge on any atom is 0.187 e. The summed E-state index contributed by atoms with van der Waals surface area (Å²) in [6.07, 6.45) is -0.230. The minimum absolute atomic E-state index is 0.0534. The Morgan fingerprint density at radius 1 is 0.958 bits per heavy atom. The molecule has 0 aliphatic carbocycles. The van der Waals surface area contributed by atoms with E-state index in [1.54, 1.807) is 56.8 Å². The van der Waals surface area contributed by atoms with Gasteiger partial charge in [-0.25, -0.2) is 4.57 Å². The maximum absolute atomic E-state index is 8.57. The lowest BCUT2D eigenvalue weighted by atomic mass is 9.85. The summed E-state index contributed by atoms with van der Waals surface area (Å²) < 4.78 is 67.5. The largest absolute Gasteiger partial charge is 0.204 e. The monoisotopic (exact) mass is 332 g/mol. The summed E-state index contributed by atoms with van der Waals surface area (Å²) in [5.74, 6) is 0. The van der Waals surface area contributed by atoms with Crippen molar-refractivity contribution in [2.24, 2.45) is 12.5 Å². The van der Waals surface area contributed by atoms with E-state index in [0.717, 1.165) is 5.69 Å². The summed E-state index contributed by atoms with van der Waals surface area (Å²) in [7, 11) is 1.78. The number of aromatic nitrogens is 1. The molecule has 24 heavy (non-hydrogen) atoms. The summed E-state index contributed by atoms with van der Waals surface area (Å²) in [6, 6.07) is 6.26. The third-order valence-corrected chi connectivity index (χ3v) is 3.87. The van der Waals surface area contributed by atoms with Crippen LogP contribution in [0.15, 0.2) is 30.5 Å². The highest BCUT2D eigenvalue weighted by atomic mass is 14.9. The van der Waals surface area contributed by atoms with E-state index in [2.05, 4.69) is 0 Å². The molecule has 0 spiro atoms. The van der Waals surface area contributed by atoms with E-state index >= 15 is 0 Å². The van der Waals surface area contributed by atoms with Crippen molar-refractivity contribution < 1.29 is 15.5 Å². The Balaban J connectivity index is 2.97. The maximum atomic E-state index is 8.57. The molecule has 0 atom stereocenters. The number of benzene rings is 1. The van der Waals surface area contributed by atoms with Crippen molar-refractivity contribution in [1.82, 2.24) is 0 Å². The van der Waals surface area contributed by atoms with Crippen LogP contribution in [-0.2, 0) is 18.8 Å². The van der Waals surface area contributed by atoms with E-state index in [-0.39, 0.29) is 27.7 Å². The molecule has 1 aromatic heterocycles. The average Bonchev–Trinajstić information content (AvgIpc) is 2.57. The fraction of sp³-hybridized carbons (Fsp3) is 0.522. The fourth-order valence-electron chi connectivity index (χ4n) is 2.91. The smallest absolute Gasteiger partial charge is 0.187 e. The average molecular weight is 333 g/mol. The second-order valence-electron chi connectivity index (χ2n) is 8.48. The molecule has 0 fully saturated rings. The normalized spacial score (nSPS) is 19.1. The lowest BCUT2D eigenvalue weighted by Crippen LogP contribution is -2.39. The quantitative estimate of drug-likeness (QED) is 0.623. The van der Waals surface area contributed by atoms with Crippen molar-refractivity contribution in [1.29, 1.82) is 0 Å². The van der Waals surface area contributed by atoms with Crippen LogP contribution in [0.2, 0.25) is 0 Å². The Morgan fingerprint density at radius 3 is 2.17 bits per heavy atom. The Hall–Kier alpha value is -1.63. The molecule has 1 aromatic carbocycles. The summed E-state index contributed by atoms with van der Waals surface area (Å²) in [5, 5.41) is 0. The van der Waals surface area contributed by atoms with Gasteiger partial charge in [-0.1, -0.05) is 59.7 Å². The number of hydrogen-bond acceptors (Lipinski definition) is 0. The zero-order valence-electron chi connectivity index (χ0n) is 23.8. The zero-order chi connectivity index (χ0) is 25.1. The highest BCUT2D eigenvalue weighted by Crippen LogP contribution is 2.31. The minimum Gasteiger partial charge on any atom is -0.204 e. The van der Waals surface area contributed by atoms with Crippen LogP contribution in [0.3, 0.4) is 0 Å². The Morgan fingerprint density at radius 2 is 1.62 bits per heavy atom. The highest BCUT2D eigenvalue weighted by molar-refractivity contribution is 5.70. The van der Waals surface area contributed by atoms with Gasteiger partial charge in [0.05, 0.1) is 0 Å². The van der Waals surface area contributed by atoms with Crippen LogP contribution in [0.5, 0.6) is 0 Å². The van der Waals surface area contributed by atoms with E-state index in [4.69, 9.17) is 11.0 Å². The van der Waals surface area contributed by atoms with Crippen LogP contribution >= 0.6 is 0 Å². The molecule has 0 N–H and O–H groups in total. The number of hydrogen-bond donors (Lipinski definition) is 0. The van der Waals surface area contributed by atoms with Gasteiger partial charge >= 0.3 is 0 Å². The molecule has 0 bridgehead atoms. The summed E-state index contributed by atoms with van der Waals surface area (Å²) in [5.41, 5.74) is 0.675. The first kappa shape index (κ1) is 10.4. The minimum atomic E-state index is -2.55. The first-order valence-corrected chi connectivity index (χ1v) is 8.28. The van der Waals surface area contributed by atoms with Gasteiger partial charge in [0.2, 0.25) is 0 Å². The number of pyridine rings is 1. The van der Waals surface area contributed by atoms with Crippen LogP contribution in [-0.4, -0.2) is 0 Å². The van der Waals surface area contributed by atoms with Gasteiger partial charge in [0, 0.05) is 28.0 Å². The number of rotatable bonds is 2. The highest BCUT2D eigenvalue weighted by Gasteiger charge is 2.25. The third kappa shape index (κ3) is 4.26. The molecule has 1 nitrogen and oxygen atoms in total. The van der Waals surface area contributed by atoms with Crippen LogP contribution in [0.4, 0.5) is 0 Å². The first-order chi connectivity index (χ1) is 14.1. The van der Waals surface area contributed by atoms with Crippen LogP contribution < -0.4 is 4.57 Å². The van der Waals surface area contributed by atoms with E-state index < -0.39 is 25.5 Å². The SMILES string of the molecule is [2H]C([2H])([2H])c1cc(C([2H])([2H])C(C)(C)C)ccc1-c1cc(C(C)(C)C)[n+](C)cc1C([2H])([2H])[2H]. The summed E-state index contributed by atoms with van der Waals surface area (Å²) in [4.78, 5) is 0. The molecule has 0 saturated heterocycles. The molecule has 0 unspecified atom stereocenters. The van der Waals surface area contributed by atoms with Crippen molar-refractivity contribution in [3.8, 4) is 11.1 Å². The predicted octanol–water partition coefficient (Wildman–Crippen LogP) is 5.68. The Bertz CT molecular complexity index is 1000. The van der Waals surface area contributed by atoms with E-state index in [9.17, 15) is 0 Å².